The molecule has 1 aliphatic carbocycles. The van der Waals surface area contributed by atoms with E-state index in [0.29, 0.717) is 17.3 Å². The van der Waals surface area contributed by atoms with Crippen LogP contribution >= 0.6 is 0 Å². The summed E-state index contributed by atoms with van der Waals surface area (Å²) >= 11 is 0. The van der Waals surface area contributed by atoms with E-state index in [4.69, 9.17) is 5.21 Å². The second-order valence-corrected chi connectivity index (χ2v) is 5.94. The standard InChI is InChI=1S/C13H25NO/c1-9(2)13(4,5)11-6-7-12(14-15)10(3)8-11/h9-11,15H,6-8H2,1-5H3/b14-12+/t10-,11+/m0/s1. The van der Waals surface area contributed by atoms with Gasteiger partial charge in [0.2, 0.25) is 0 Å². The van der Waals surface area contributed by atoms with Gasteiger partial charge in [0.05, 0.1) is 5.71 Å². The highest BCUT2D eigenvalue weighted by atomic mass is 16.4. The summed E-state index contributed by atoms with van der Waals surface area (Å²) in [4.78, 5) is 0. The van der Waals surface area contributed by atoms with Gasteiger partial charge >= 0.3 is 0 Å². The number of oxime groups is 1. The molecule has 1 rings (SSSR count). The van der Waals surface area contributed by atoms with E-state index in [9.17, 15) is 0 Å². The molecule has 0 unspecified atom stereocenters. The molecule has 1 fully saturated rings. The fraction of sp³-hybridized carbons (Fsp3) is 0.923. The minimum Gasteiger partial charge on any atom is -0.411 e. The molecule has 1 saturated carbocycles. The third-order valence-electron chi connectivity index (χ3n) is 4.62. The molecule has 0 aromatic carbocycles. The second-order valence-electron chi connectivity index (χ2n) is 5.94. The maximum atomic E-state index is 8.85. The minimum absolute atomic E-state index is 0.398. The first-order chi connectivity index (χ1) is 6.89. The van der Waals surface area contributed by atoms with Crippen LogP contribution in [0.1, 0.15) is 53.9 Å². The van der Waals surface area contributed by atoms with E-state index >= 15 is 0 Å². The van der Waals surface area contributed by atoms with Crippen LogP contribution in [-0.2, 0) is 0 Å². The van der Waals surface area contributed by atoms with Gasteiger partial charge in [-0.25, -0.2) is 0 Å². The van der Waals surface area contributed by atoms with Crippen molar-refractivity contribution >= 4 is 5.71 Å². The maximum absolute atomic E-state index is 8.85. The number of hydrogen-bond donors (Lipinski definition) is 1. The molecule has 2 nitrogen and oxygen atoms in total. The van der Waals surface area contributed by atoms with Crippen molar-refractivity contribution in [3.63, 3.8) is 0 Å². The van der Waals surface area contributed by atoms with Crippen LogP contribution in [0.4, 0.5) is 0 Å². The van der Waals surface area contributed by atoms with Crippen molar-refractivity contribution in [2.45, 2.75) is 53.9 Å². The molecule has 0 heterocycles. The Hall–Kier alpha value is -0.530. The van der Waals surface area contributed by atoms with Gasteiger partial charge < -0.3 is 5.21 Å². The fourth-order valence-electron chi connectivity index (χ4n) is 2.54. The zero-order chi connectivity index (χ0) is 11.6. The normalized spacial score (nSPS) is 31.2. The van der Waals surface area contributed by atoms with Gasteiger partial charge in [-0.05, 0) is 42.4 Å². The van der Waals surface area contributed by atoms with Gasteiger partial charge in [-0.2, -0.15) is 0 Å². The summed E-state index contributed by atoms with van der Waals surface area (Å²) in [7, 11) is 0. The van der Waals surface area contributed by atoms with Crippen molar-refractivity contribution in [1.82, 2.24) is 0 Å². The summed E-state index contributed by atoms with van der Waals surface area (Å²) in [6.07, 6.45) is 3.32. The highest BCUT2D eigenvalue weighted by Crippen LogP contribution is 2.43. The smallest absolute Gasteiger partial charge is 0.0599 e. The summed E-state index contributed by atoms with van der Waals surface area (Å²) in [6, 6.07) is 0. The highest BCUT2D eigenvalue weighted by molar-refractivity contribution is 5.86. The molecule has 88 valence electrons. The summed E-state index contributed by atoms with van der Waals surface area (Å²) < 4.78 is 0. The van der Waals surface area contributed by atoms with Crippen molar-refractivity contribution in [2.24, 2.45) is 28.3 Å². The first kappa shape index (κ1) is 12.5. The Morgan fingerprint density at radius 2 is 2.00 bits per heavy atom. The van der Waals surface area contributed by atoms with Gasteiger partial charge in [-0.3, -0.25) is 0 Å². The van der Waals surface area contributed by atoms with Crippen LogP contribution in [0.2, 0.25) is 0 Å². The third-order valence-corrected chi connectivity index (χ3v) is 4.62. The van der Waals surface area contributed by atoms with E-state index in [-0.39, 0.29) is 0 Å². The molecule has 0 spiro atoms. The lowest BCUT2D eigenvalue weighted by Crippen LogP contribution is -2.35. The molecule has 0 radical (unpaired) electrons. The maximum Gasteiger partial charge on any atom is 0.0599 e. The average molecular weight is 211 g/mol. The predicted molar refractivity (Wildman–Crippen MR) is 64.3 cm³/mol. The van der Waals surface area contributed by atoms with Crippen LogP contribution in [0.5, 0.6) is 0 Å². The van der Waals surface area contributed by atoms with E-state index in [0.717, 1.165) is 18.1 Å². The SMILES string of the molecule is CC(C)C(C)(C)[C@@H]1CC/C(=N\O)[C@@H](C)C1. The minimum atomic E-state index is 0.398. The molecule has 1 N–H and O–H groups in total. The van der Waals surface area contributed by atoms with Crippen LogP contribution < -0.4 is 0 Å². The molecule has 0 aromatic rings. The molecule has 0 aromatic heterocycles. The van der Waals surface area contributed by atoms with Crippen LogP contribution in [0.25, 0.3) is 0 Å². The molecule has 0 amide bonds. The lowest BCUT2D eigenvalue weighted by molar-refractivity contribution is 0.107. The molecule has 0 aliphatic heterocycles. The Morgan fingerprint density at radius 3 is 2.40 bits per heavy atom. The fourth-order valence-corrected chi connectivity index (χ4v) is 2.54. The van der Waals surface area contributed by atoms with Gasteiger partial charge in [0.15, 0.2) is 0 Å². The highest BCUT2D eigenvalue weighted by Gasteiger charge is 2.36. The topological polar surface area (TPSA) is 32.6 Å². The Morgan fingerprint density at radius 1 is 1.40 bits per heavy atom. The summed E-state index contributed by atoms with van der Waals surface area (Å²) in [5.41, 5.74) is 1.39. The van der Waals surface area contributed by atoms with Gasteiger partial charge in [0, 0.05) is 0 Å². The lowest BCUT2D eigenvalue weighted by Gasteiger charge is -2.42. The van der Waals surface area contributed by atoms with E-state index < -0.39 is 0 Å². The van der Waals surface area contributed by atoms with Crippen LogP contribution in [0.15, 0.2) is 5.16 Å². The quantitative estimate of drug-likeness (QED) is 0.544. The molecule has 1 aliphatic rings. The molecule has 2 heteroatoms. The Balaban J connectivity index is 2.69. The third kappa shape index (κ3) is 2.53. The van der Waals surface area contributed by atoms with Crippen molar-refractivity contribution in [3.05, 3.63) is 0 Å². The summed E-state index contributed by atoms with van der Waals surface area (Å²) in [5, 5.41) is 12.3. The van der Waals surface area contributed by atoms with Crippen molar-refractivity contribution in [1.29, 1.82) is 0 Å². The molecule has 2 atom stereocenters. The van der Waals surface area contributed by atoms with Gasteiger partial charge in [-0.1, -0.05) is 39.8 Å². The predicted octanol–water partition coefficient (Wildman–Crippen LogP) is 3.94. The van der Waals surface area contributed by atoms with Gasteiger partial charge in [0.1, 0.15) is 0 Å². The molecular weight excluding hydrogens is 186 g/mol. The molecule has 15 heavy (non-hydrogen) atoms. The Kier molecular flexibility index (Phi) is 3.80. The Bertz CT molecular complexity index is 243. The first-order valence-corrected chi connectivity index (χ1v) is 6.10. The second kappa shape index (κ2) is 4.54. The Labute approximate surface area is 93.8 Å². The average Bonchev–Trinajstić information content (AvgIpc) is 2.17. The number of nitrogens with zero attached hydrogens (tertiary/aromatic N) is 1. The van der Waals surface area contributed by atoms with Gasteiger partial charge in [-0.15, -0.1) is 0 Å². The first-order valence-electron chi connectivity index (χ1n) is 6.10. The van der Waals surface area contributed by atoms with Crippen molar-refractivity contribution in [3.8, 4) is 0 Å². The zero-order valence-electron chi connectivity index (χ0n) is 10.7. The summed E-state index contributed by atoms with van der Waals surface area (Å²) in [6.45, 7) is 11.5. The molecule has 0 saturated heterocycles. The van der Waals surface area contributed by atoms with E-state index in [1.54, 1.807) is 0 Å². The molecular formula is C13H25NO. The lowest BCUT2D eigenvalue weighted by atomic mass is 9.63. The van der Waals surface area contributed by atoms with E-state index in [1.165, 1.54) is 12.8 Å². The van der Waals surface area contributed by atoms with E-state index in [1.807, 2.05) is 0 Å². The van der Waals surface area contributed by atoms with Crippen molar-refractivity contribution < 1.29 is 5.21 Å². The van der Waals surface area contributed by atoms with Crippen LogP contribution in [-0.4, -0.2) is 10.9 Å². The monoisotopic (exact) mass is 211 g/mol. The summed E-state index contributed by atoms with van der Waals surface area (Å²) in [5.74, 6) is 1.92. The van der Waals surface area contributed by atoms with Crippen molar-refractivity contribution in [2.75, 3.05) is 0 Å². The number of rotatable bonds is 2. The van der Waals surface area contributed by atoms with Crippen LogP contribution in [0.3, 0.4) is 0 Å². The zero-order valence-corrected chi connectivity index (χ0v) is 10.7. The molecule has 0 bridgehead atoms. The largest absolute Gasteiger partial charge is 0.411 e. The van der Waals surface area contributed by atoms with Crippen LogP contribution in [0, 0.1) is 23.2 Å². The number of hydrogen-bond acceptors (Lipinski definition) is 2. The van der Waals surface area contributed by atoms with Gasteiger partial charge in [0.25, 0.3) is 0 Å². The van der Waals surface area contributed by atoms with E-state index in [2.05, 4.69) is 39.8 Å².